The molecular weight excluding hydrogens is 264 g/mol. The molecule has 1 fully saturated rings. The van der Waals surface area contributed by atoms with Gasteiger partial charge in [-0.05, 0) is 33.2 Å². The Kier molecular flexibility index (Phi) is 6.73. The van der Waals surface area contributed by atoms with Gasteiger partial charge in [-0.25, -0.2) is 8.42 Å². The molecule has 0 bridgehead atoms. The van der Waals surface area contributed by atoms with Crippen LogP contribution in [0.25, 0.3) is 0 Å². The van der Waals surface area contributed by atoms with Gasteiger partial charge in [-0.3, -0.25) is 0 Å². The van der Waals surface area contributed by atoms with E-state index in [0.717, 1.165) is 13.0 Å². The molecule has 0 amide bonds. The second-order valence-electron chi connectivity index (χ2n) is 5.71. The Morgan fingerprint density at radius 1 is 1.21 bits per heavy atom. The lowest BCUT2D eigenvalue weighted by atomic mass is 10.3. The summed E-state index contributed by atoms with van der Waals surface area (Å²) in [6, 6.07) is 0.456. The molecule has 1 heterocycles. The number of rotatable bonds is 7. The van der Waals surface area contributed by atoms with Gasteiger partial charge in [0.25, 0.3) is 0 Å². The number of nitrogens with zero attached hydrogens (tertiary/aromatic N) is 1. The number of morpholine rings is 1. The minimum absolute atomic E-state index is 0.0128. The molecule has 2 atom stereocenters. The topological polar surface area (TPSA) is 58.6 Å². The summed E-state index contributed by atoms with van der Waals surface area (Å²) in [5.41, 5.74) is 0. The monoisotopic (exact) mass is 292 g/mol. The van der Waals surface area contributed by atoms with E-state index in [-0.39, 0.29) is 18.0 Å². The average Bonchev–Trinajstić information content (AvgIpc) is 2.26. The van der Waals surface area contributed by atoms with Crippen molar-refractivity contribution in [1.29, 1.82) is 0 Å². The molecule has 1 aliphatic heterocycles. The number of hydrogen-bond acceptors (Lipinski definition) is 4. The molecular formula is C13H28N2O3S. The number of ether oxygens (including phenoxy) is 1. The van der Waals surface area contributed by atoms with E-state index in [0.29, 0.717) is 25.6 Å². The van der Waals surface area contributed by atoms with Crippen LogP contribution in [0.3, 0.4) is 0 Å². The van der Waals surface area contributed by atoms with Gasteiger partial charge in [-0.1, -0.05) is 13.8 Å². The van der Waals surface area contributed by atoms with Crippen molar-refractivity contribution in [2.75, 3.05) is 25.4 Å². The van der Waals surface area contributed by atoms with Crippen molar-refractivity contribution < 1.29 is 13.2 Å². The molecule has 0 aromatic carbocycles. The van der Waals surface area contributed by atoms with Gasteiger partial charge in [0, 0.05) is 19.1 Å². The summed E-state index contributed by atoms with van der Waals surface area (Å²) in [5.74, 6) is 0.242. The van der Waals surface area contributed by atoms with Crippen molar-refractivity contribution in [3.8, 4) is 0 Å². The maximum atomic E-state index is 12.2. The van der Waals surface area contributed by atoms with Crippen molar-refractivity contribution in [3.05, 3.63) is 0 Å². The summed E-state index contributed by atoms with van der Waals surface area (Å²) in [6.07, 6.45) is 1.58. The van der Waals surface area contributed by atoms with Crippen LogP contribution in [0.4, 0.5) is 0 Å². The van der Waals surface area contributed by atoms with Gasteiger partial charge >= 0.3 is 0 Å². The van der Waals surface area contributed by atoms with E-state index in [9.17, 15) is 8.42 Å². The highest BCUT2D eigenvalue weighted by molar-refractivity contribution is 7.89. The Bertz CT molecular complexity index is 347. The van der Waals surface area contributed by atoms with Crippen LogP contribution in [-0.2, 0) is 14.8 Å². The largest absolute Gasteiger partial charge is 0.373 e. The smallest absolute Gasteiger partial charge is 0.214 e. The van der Waals surface area contributed by atoms with Crippen molar-refractivity contribution in [2.45, 2.75) is 58.8 Å². The third kappa shape index (κ3) is 6.21. The summed E-state index contributed by atoms with van der Waals surface area (Å²) >= 11 is 0. The van der Waals surface area contributed by atoms with E-state index < -0.39 is 10.0 Å². The molecule has 2 unspecified atom stereocenters. The predicted octanol–water partition coefficient (Wildman–Crippen LogP) is 1.20. The van der Waals surface area contributed by atoms with Crippen LogP contribution >= 0.6 is 0 Å². The first-order valence-corrected chi connectivity index (χ1v) is 8.79. The Morgan fingerprint density at radius 3 is 2.32 bits per heavy atom. The quantitative estimate of drug-likeness (QED) is 0.717. The third-order valence-electron chi connectivity index (χ3n) is 3.16. The van der Waals surface area contributed by atoms with E-state index in [1.807, 2.05) is 13.8 Å². The fourth-order valence-electron chi connectivity index (χ4n) is 2.29. The summed E-state index contributed by atoms with van der Waals surface area (Å²) in [4.78, 5) is 0. The first-order chi connectivity index (χ1) is 8.81. The number of sulfonamides is 1. The Morgan fingerprint density at radius 2 is 1.79 bits per heavy atom. The summed E-state index contributed by atoms with van der Waals surface area (Å²) < 4.78 is 31.6. The molecule has 1 saturated heterocycles. The maximum absolute atomic E-state index is 12.2. The molecule has 1 rings (SSSR count). The average molecular weight is 292 g/mol. The van der Waals surface area contributed by atoms with E-state index in [1.165, 1.54) is 0 Å². The molecule has 6 heteroatoms. The SMILES string of the molecule is CC(C)NCCCCS(=O)(=O)N1CC(C)OC(C)C1. The Hall–Kier alpha value is -0.170. The molecule has 1 aliphatic rings. The van der Waals surface area contributed by atoms with Crippen molar-refractivity contribution in [1.82, 2.24) is 9.62 Å². The molecule has 5 nitrogen and oxygen atoms in total. The van der Waals surface area contributed by atoms with Crippen molar-refractivity contribution in [2.24, 2.45) is 0 Å². The molecule has 19 heavy (non-hydrogen) atoms. The van der Waals surface area contributed by atoms with Crippen LogP contribution in [-0.4, -0.2) is 56.4 Å². The second-order valence-corrected chi connectivity index (χ2v) is 7.79. The van der Waals surface area contributed by atoms with Gasteiger partial charge in [-0.2, -0.15) is 4.31 Å². The van der Waals surface area contributed by atoms with Gasteiger partial charge in [-0.15, -0.1) is 0 Å². The van der Waals surface area contributed by atoms with E-state index >= 15 is 0 Å². The summed E-state index contributed by atoms with van der Waals surface area (Å²) in [6.45, 7) is 9.87. The van der Waals surface area contributed by atoms with Crippen LogP contribution < -0.4 is 5.32 Å². The standard InChI is InChI=1S/C13H28N2O3S/c1-11(2)14-7-5-6-8-19(16,17)15-9-12(3)18-13(4)10-15/h11-14H,5-10H2,1-4H3. The second kappa shape index (κ2) is 7.57. The Labute approximate surface area is 117 Å². The molecule has 0 spiro atoms. The van der Waals surface area contributed by atoms with Crippen LogP contribution in [0.5, 0.6) is 0 Å². The maximum Gasteiger partial charge on any atom is 0.214 e. The van der Waals surface area contributed by atoms with Crippen LogP contribution in [0.15, 0.2) is 0 Å². The third-order valence-corrected chi connectivity index (χ3v) is 5.05. The van der Waals surface area contributed by atoms with Gasteiger partial charge in [0.15, 0.2) is 0 Å². The minimum atomic E-state index is -3.12. The number of hydrogen-bond donors (Lipinski definition) is 1. The van der Waals surface area contributed by atoms with Gasteiger partial charge < -0.3 is 10.1 Å². The highest BCUT2D eigenvalue weighted by Crippen LogP contribution is 2.15. The predicted molar refractivity (Wildman–Crippen MR) is 77.7 cm³/mol. The van der Waals surface area contributed by atoms with Gasteiger partial charge in [0.2, 0.25) is 10.0 Å². The van der Waals surface area contributed by atoms with Gasteiger partial charge in [0.05, 0.1) is 18.0 Å². The summed E-state index contributed by atoms with van der Waals surface area (Å²) in [5, 5.41) is 3.30. The number of unbranched alkanes of at least 4 members (excludes halogenated alkanes) is 1. The zero-order chi connectivity index (χ0) is 14.5. The summed E-state index contributed by atoms with van der Waals surface area (Å²) in [7, 11) is -3.12. The lowest BCUT2D eigenvalue weighted by molar-refractivity contribution is -0.0440. The molecule has 0 saturated carbocycles. The first kappa shape index (κ1) is 16.9. The van der Waals surface area contributed by atoms with E-state index in [2.05, 4.69) is 19.2 Å². The molecule has 0 radical (unpaired) electrons. The van der Waals surface area contributed by atoms with Crippen LogP contribution in [0.2, 0.25) is 0 Å². The molecule has 1 N–H and O–H groups in total. The number of nitrogens with one attached hydrogen (secondary N) is 1. The zero-order valence-corrected chi connectivity index (χ0v) is 13.4. The fourth-order valence-corrected chi connectivity index (χ4v) is 3.99. The lowest BCUT2D eigenvalue weighted by Gasteiger charge is -2.34. The highest BCUT2D eigenvalue weighted by Gasteiger charge is 2.30. The van der Waals surface area contributed by atoms with Crippen molar-refractivity contribution in [3.63, 3.8) is 0 Å². The molecule has 0 aromatic heterocycles. The van der Waals surface area contributed by atoms with Crippen molar-refractivity contribution >= 4 is 10.0 Å². The van der Waals surface area contributed by atoms with E-state index in [1.54, 1.807) is 4.31 Å². The zero-order valence-electron chi connectivity index (χ0n) is 12.6. The molecule has 0 aromatic rings. The Balaban J connectivity index is 2.34. The van der Waals surface area contributed by atoms with Crippen LogP contribution in [0, 0.1) is 0 Å². The van der Waals surface area contributed by atoms with E-state index in [4.69, 9.17) is 4.74 Å². The first-order valence-electron chi connectivity index (χ1n) is 7.18. The fraction of sp³-hybridized carbons (Fsp3) is 1.00. The molecule has 0 aliphatic carbocycles. The normalized spacial score (nSPS) is 25.9. The highest BCUT2D eigenvalue weighted by atomic mass is 32.2. The van der Waals surface area contributed by atoms with Crippen LogP contribution in [0.1, 0.15) is 40.5 Å². The van der Waals surface area contributed by atoms with Gasteiger partial charge in [0.1, 0.15) is 0 Å². The molecule has 114 valence electrons. The lowest BCUT2D eigenvalue weighted by Crippen LogP contribution is -2.48. The minimum Gasteiger partial charge on any atom is -0.373 e.